The molecular formula is C11H17N3Si. The minimum absolute atomic E-state index is 0.453. The highest BCUT2D eigenvalue weighted by Crippen LogP contribution is 2.36. The van der Waals surface area contributed by atoms with Crippen LogP contribution in [0.15, 0.2) is 6.20 Å². The van der Waals surface area contributed by atoms with E-state index >= 15 is 0 Å². The minimum Gasteiger partial charge on any atom is -0.250 e. The van der Waals surface area contributed by atoms with Crippen molar-refractivity contribution in [2.75, 3.05) is 0 Å². The molecule has 1 aromatic heterocycles. The van der Waals surface area contributed by atoms with E-state index in [9.17, 15) is 0 Å². The summed E-state index contributed by atoms with van der Waals surface area (Å²) < 4.78 is 2.00. The molecule has 0 aliphatic heterocycles. The standard InChI is InChI=1S/C11H17N3Si/c1-5-9-6-10(7-9)14-8-11(12-13-14)15(2,3)4/h1,8-10H,6-7H2,2-4H3. The molecule has 3 nitrogen and oxygen atoms in total. The number of rotatable bonds is 2. The van der Waals surface area contributed by atoms with E-state index in [1.807, 2.05) is 4.68 Å². The minimum atomic E-state index is -1.31. The molecule has 80 valence electrons. The van der Waals surface area contributed by atoms with Crippen LogP contribution >= 0.6 is 0 Å². The second kappa shape index (κ2) is 3.49. The molecule has 0 bridgehead atoms. The fraction of sp³-hybridized carbons (Fsp3) is 0.636. The van der Waals surface area contributed by atoms with Gasteiger partial charge in [-0.3, -0.25) is 0 Å². The molecule has 1 aromatic rings. The van der Waals surface area contributed by atoms with Crippen LogP contribution in [0.1, 0.15) is 18.9 Å². The molecule has 1 aliphatic rings. The third-order valence-electron chi connectivity index (χ3n) is 3.00. The van der Waals surface area contributed by atoms with Gasteiger partial charge in [0.1, 0.15) is 8.07 Å². The van der Waals surface area contributed by atoms with E-state index in [1.165, 1.54) is 5.32 Å². The second-order valence-corrected chi connectivity index (χ2v) is 10.3. The Hall–Kier alpha value is -1.08. The van der Waals surface area contributed by atoms with Crippen molar-refractivity contribution in [2.45, 2.75) is 38.5 Å². The molecule has 1 aliphatic carbocycles. The van der Waals surface area contributed by atoms with Crippen LogP contribution < -0.4 is 5.32 Å². The summed E-state index contributed by atoms with van der Waals surface area (Å²) in [5.41, 5.74) is 0. The van der Waals surface area contributed by atoms with E-state index < -0.39 is 8.07 Å². The van der Waals surface area contributed by atoms with Gasteiger partial charge in [-0.1, -0.05) is 24.9 Å². The van der Waals surface area contributed by atoms with E-state index in [4.69, 9.17) is 6.42 Å². The second-order valence-electron chi connectivity index (χ2n) is 5.32. The van der Waals surface area contributed by atoms with Crippen molar-refractivity contribution in [1.29, 1.82) is 0 Å². The van der Waals surface area contributed by atoms with Crippen LogP contribution in [0.2, 0.25) is 19.6 Å². The summed E-state index contributed by atoms with van der Waals surface area (Å²) >= 11 is 0. The van der Waals surface area contributed by atoms with Gasteiger partial charge >= 0.3 is 0 Å². The van der Waals surface area contributed by atoms with Crippen molar-refractivity contribution in [1.82, 2.24) is 15.0 Å². The maximum atomic E-state index is 5.36. The van der Waals surface area contributed by atoms with Crippen LogP contribution in [0.3, 0.4) is 0 Å². The summed E-state index contributed by atoms with van der Waals surface area (Å²) in [4.78, 5) is 0. The van der Waals surface area contributed by atoms with Crippen LogP contribution in [-0.2, 0) is 0 Å². The zero-order valence-corrected chi connectivity index (χ0v) is 10.6. The normalized spacial score (nSPS) is 25.7. The van der Waals surface area contributed by atoms with Gasteiger partial charge in [0.25, 0.3) is 0 Å². The van der Waals surface area contributed by atoms with Gasteiger partial charge in [-0.05, 0) is 12.8 Å². The summed E-state index contributed by atoms with van der Waals surface area (Å²) in [6.45, 7) is 6.85. The average Bonchev–Trinajstić information content (AvgIpc) is 2.50. The first-order valence-corrected chi connectivity index (χ1v) is 8.89. The monoisotopic (exact) mass is 219 g/mol. The lowest BCUT2D eigenvalue weighted by Gasteiger charge is -2.31. The molecule has 0 amide bonds. The van der Waals surface area contributed by atoms with Crippen molar-refractivity contribution in [2.24, 2.45) is 5.92 Å². The molecule has 0 spiro atoms. The molecule has 4 heteroatoms. The Morgan fingerprint density at radius 1 is 1.47 bits per heavy atom. The Morgan fingerprint density at radius 3 is 2.60 bits per heavy atom. The molecule has 1 fully saturated rings. The predicted molar refractivity (Wildman–Crippen MR) is 63.6 cm³/mol. The first-order chi connectivity index (χ1) is 7.00. The Bertz CT molecular complexity index is 391. The lowest BCUT2D eigenvalue weighted by molar-refractivity contribution is 0.228. The number of hydrogen-bond acceptors (Lipinski definition) is 2. The zero-order chi connectivity index (χ0) is 11.1. The van der Waals surface area contributed by atoms with Crippen molar-refractivity contribution < 1.29 is 0 Å². The molecule has 1 saturated carbocycles. The zero-order valence-electron chi connectivity index (χ0n) is 9.57. The van der Waals surface area contributed by atoms with Gasteiger partial charge in [-0.25, -0.2) is 4.68 Å². The van der Waals surface area contributed by atoms with Crippen molar-refractivity contribution in [3.05, 3.63) is 6.20 Å². The smallest absolute Gasteiger partial charge is 0.106 e. The quantitative estimate of drug-likeness (QED) is 0.556. The summed E-state index contributed by atoms with van der Waals surface area (Å²) in [5.74, 6) is 3.24. The molecule has 0 unspecified atom stereocenters. The van der Waals surface area contributed by atoms with Gasteiger partial charge in [0, 0.05) is 12.1 Å². The molecule has 1 heterocycles. The van der Waals surface area contributed by atoms with Crippen molar-refractivity contribution in [3.63, 3.8) is 0 Å². The molecule has 0 aromatic carbocycles. The van der Waals surface area contributed by atoms with Gasteiger partial charge in [0.05, 0.1) is 11.4 Å². The number of hydrogen-bond donors (Lipinski definition) is 0. The summed E-state index contributed by atoms with van der Waals surface area (Å²) in [7, 11) is -1.31. The molecule has 0 radical (unpaired) electrons. The lowest BCUT2D eigenvalue weighted by Crippen LogP contribution is -2.38. The molecule has 15 heavy (non-hydrogen) atoms. The fourth-order valence-electron chi connectivity index (χ4n) is 1.74. The largest absolute Gasteiger partial charge is 0.250 e. The number of nitrogens with zero attached hydrogens (tertiary/aromatic N) is 3. The number of aromatic nitrogens is 3. The van der Waals surface area contributed by atoms with Gasteiger partial charge in [0.15, 0.2) is 0 Å². The first-order valence-electron chi connectivity index (χ1n) is 5.39. The Kier molecular flexibility index (Phi) is 2.43. The van der Waals surface area contributed by atoms with E-state index in [0.29, 0.717) is 12.0 Å². The van der Waals surface area contributed by atoms with Crippen LogP contribution in [0.25, 0.3) is 0 Å². The Labute approximate surface area is 91.9 Å². The number of terminal acetylenes is 1. The maximum absolute atomic E-state index is 5.36. The van der Waals surface area contributed by atoms with E-state index in [1.54, 1.807) is 0 Å². The van der Waals surface area contributed by atoms with Crippen LogP contribution in [0, 0.1) is 18.3 Å². The Balaban J connectivity index is 2.07. The van der Waals surface area contributed by atoms with Crippen LogP contribution in [-0.4, -0.2) is 23.1 Å². The molecule has 0 saturated heterocycles. The van der Waals surface area contributed by atoms with Crippen LogP contribution in [0.4, 0.5) is 0 Å². The lowest BCUT2D eigenvalue weighted by atomic mass is 9.81. The van der Waals surface area contributed by atoms with Gasteiger partial charge in [0.2, 0.25) is 0 Å². The van der Waals surface area contributed by atoms with Gasteiger partial charge in [-0.2, -0.15) is 0 Å². The first kappa shape index (κ1) is 10.4. The molecular weight excluding hydrogens is 202 g/mol. The van der Waals surface area contributed by atoms with E-state index in [2.05, 4.69) is 42.1 Å². The topological polar surface area (TPSA) is 30.7 Å². The third kappa shape index (κ3) is 1.98. The van der Waals surface area contributed by atoms with Crippen molar-refractivity contribution >= 4 is 13.4 Å². The summed E-state index contributed by atoms with van der Waals surface area (Å²) in [6.07, 6.45) is 9.60. The highest BCUT2D eigenvalue weighted by molar-refractivity contribution is 6.88. The molecule has 2 rings (SSSR count). The van der Waals surface area contributed by atoms with E-state index in [-0.39, 0.29) is 0 Å². The van der Waals surface area contributed by atoms with Gasteiger partial charge < -0.3 is 0 Å². The average molecular weight is 219 g/mol. The molecule has 0 N–H and O–H groups in total. The van der Waals surface area contributed by atoms with E-state index in [0.717, 1.165) is 12.8 Å². The summed E-state index contributed by atoms with van der Waals surface area (Å²) in [6, 6.07) is 0.489. The highest BCUT2D eigenvalue weighted by atomic mass is 28.3. The highest BCUT2D eigenvalue weighted by Gasteiger charge is 2.31. The maximum Gasteiger partial charge on any atom is 0.106 e. The Morgan fingerprint density at radius 2 is 2.13 bits per heavy atom. The summed E-state index contributed by atoms with van der Waals surface area (Å²) in [5, 5.41) is 9.66. The van der Waals surface area contributed by atoms with Crippen LogP contribution in [0.5, 0.6) is 0 Å². The molecule has 0 atom stereocenters. The van der Waals surface area contributed by atoms with Gasteiger partial charge in [-0.15, -0.1) is 17.4 Å². The predicted octanol–water partition coefficient (Wildman–Crippen LogP) is 1.41. The fourth-order valence-corrected chi connectivity index (χ4v) is 2.60. The third-order valence-corrected chi connectivity index (χ3v) is 4.77. The SMILES string of the molecule is C#CC1CC(n2cc([Si](C)(C)C)nn2)C1. The van der Waals surface area contributed by atoms with Crippen molar-refractivity contribution in [3.8, 4) is 12.3 Å².